The number of H-pyrrole nitrogens is 1. The summed E-state index contributed by atoms with van der Waals surface area (Å²) in [6.45, 7) is 0.141. The number of unbranched alkanes of at least 4 members (excludes halogenated alkanes) is 3. The number of hydrogen-bond donors (Lipinski definition) is 5. The predicted molar refractivity (Wildman–Crippen MR) is 210 cm³/mol. The first-order chi connectivity index (χ1) is 26.6. The molecule has 2 aliphatic carbocycles. The van der Waals surface area contributed by atoms with Crippen molar-refractivity contribution in [2.75, 3.05) is 31.7 Å². The third-order valence-electron chi connectivity index (χ3n) is 11.5. The molecule has 4 amide bonds. The maximum atomic E-state index is 13.5. The number of nitrogens with zero attached hydrogens (tertiary/aromatic N) is 1. The van der Waals surface area contributed by atoms with Crippen LogP contribution in [0.3, 0.4) is 0 Å². The monoisotopic (exact) mass is 802 g/mol. The van der Waals surface area contributed by atoms with E-state index in [-0.39, 0.29) is 37.6 Å². The van der Waals surface area contributed by atoms with Crippen LogP contribution in [-0.4, -0.2) is 105 Å². The zero-order chi connectivity index (χ0) is 39.2. The number of imidazole rings is 1. The number of methoxy groups -OCH3 is 1. The van der Waals surface area contributed by atoms with Crippen LogP contribution in [0.2, 0.25) is 0 Å². The van der Waals surface area contributed by atoms with Gasteiger partial charge in [0, 0.05) is 73.9 Å². The summed E-state index contributed by atoms with van der Waals surface area (Å²) in [5.74, 6) is 2.96. The van der Waals surface area contributed by atoms with Crippen LogP contribution in [0.15, 0.2) is 12.5 Å². The predicted octanol–water partition coefficient (Wildman–Crippen LogP) is 3.04. The van der Waals surface area contributed by atoms with Crippen molar-refractivity contribution in [3.63, 3.8) is 0 Å². The highest BCUT2D eigenvalue weighted by Crippen LogP contribution is 2.48. The average Bonchev–Trinajstić information content (AvgIpc) is 4.00. The van der Waals surface area contributed by atoms with Gasteiger partial charge in [0.15, 0.2) is 0 Å². The van der Waals surface area contributed by atoms with Gasteiger partial charge < -0.3 is 31.0 Å². The van der Waals surface area contributed by atoms with Crippen LogP contribution in [-0.2, 0) is 44.7 Å². The summed E-state index contributed by atoms with van der Waals surface area (Å²) >= 11 is 3.93. The largest absolute Gasteiger partial charge is 0.467 e. The molecule has 0 aromatic carbocycles. The molecule has 2 saturated carbocycles. The van der Waals surface area contributed by atoms with Gasteiger partial charge in [-0.2, -0.15) is 23.5 Å². The molecular formula is C39H58N6O8S2. The maximum absolute atomic E-state index is 13.5. The molecule has 0 spiro atoms. The zero-order valence-electron chi connectivity index (χ0n) is 31.9. The lowest BCUT2D eigenvalue weighted by Crippen LogP contribution is -2.54. The molecule has 1 aromatic rings. The number of fused-ring (bicyclic) bond motifs is 2. The van der Waals surface area contributed by atoms with Gasteiger partial charge in [0.1, 0.15) is 23.7 Å². The number of carbonyl (C=O) groups is 7. The van der Waals surface area contributed by atoms with Crippen molar-refractivity contribution < 1.29 is 38.3 Å². The van der Waals surface area contributed by atoms with Gasteiger partial charge in [0.25, 0.3) is 0 Å². The third kappa shape index (κ3) is 13.4. The SMILES string of the molecule is COC(=O)[C@H](CCCCNC(=O)CCCCC1SCC2CC(=O)CC21)NC(=O)[C@H](Cc1cnc[nH]1)NC(=O)CNC(=O)CCCCC1SCC2CC(=O)CC21. The van der Waals surface area contributed by atoms with E-state index >= 15 is 0 Å². The number of nitrogens with one attached hydrogen (secondary N) is 5. The van der Waals surface area contributed by atoms with Crippen molar-refractivity contribution in [1.82, 2.24) is 31.2 Å². The van der Waals surface area contributed by atoms with Gasteiger partial charge in [-0.25, -0.2) is 9.78 Å². The fourth-order valence-corrected chi connectivity index (χ4v) is 12.1. The van der Waals surface area contributed by atoms with E-state index in [0.29, 0.717) is 96.5 Å². The van der Waals surface area contributed by atoms with Crippen molar-refractivity contribution >= 4 is 64.7 Å². The highest BCUT2D eigenvalue weighted by Gasteiger charge is 2.44. The number of aromatic amines is 1. The Kier molecular flexibility index (Phi) is 16.9. The Morgan fingerprint density at radius 3 is 1.98 bits per heavy atom. The summed E-state index contributed by atoms with van der Waals surface area (Å²) in [5, 5.41) is 12.0. The molecule has 304 valence electrons. The highest BCUT2D eigenvalue weighted by atomic mass is 32.2. The molecular weight excluding hydrogens is 745 g/mol. The summed E-state index contributed by atoms with van der Waals surface area (Å²) in [5.41, 5.74) is 0.597. The van der Waals surface area contributed by atoms with Crippen LogP contribution in [0, 0.1) is 23.7 Å². The zero-order valence-corrected chi connectivity index (χ0v) is 33.6. The van der Waals surface area contributed by atoms with Gasteiger partial charge in [-0.15, -0.1) is 0 Å². The molecule has 2 saturated heterocycles. The minimum absolute atomic E-state index is 0.0145. The summed E-state index contributed by atoms with van der Waals surface area (Å²) in [7, 11) is 1.24. The number of thioether (sulfide) groups is 2. The normalized spacial score (nSPS) is 25.2. The number of carbonyl (C=O) groups excluding carboxylic acids is 7. The topological polar surface area (TPSA) is 206 Å². The van der Waals surface area contributed by atoms with Crippen molar-refractivity contribution in [2.45, 2.75) is 125 Å². The van der Waals surface area contributed by atoms with Crippen LogP contribution in [0.25, 0.3) is 0 Å². The molecule has 8 atom stereocenters. The maximum Gasteiger partial charge on any atom is 0.328 e. The van der Waals surface area contributed by atoms with Crippen LogP contribution < -0.4 is 21.3 Å². The summed E-state index contributed by atoms with van der Waals surface area (Å²) in [6, 6.07) is -2.01. The van der Waals surface area contributed by atoms with E-state index in [0.717, 1.165) is 56.5 Å². The van der Waals surface area contributed by atoms with Gasteiger partial charge in [0.05, 0.1) is 20.0 Å². The van der Waals surface area contributed by atoms with E-state index in [1.54, 1.807) is 0 Å². The van der Waals surface area contributed by atoms with Gasteiger partial charge >= 0.3 is 5.97 Å². The van der Waals surface area contributed by atoms with E-state index in [1.807, 2.05) is 23.5 Å². The standard InChI is InChI=1S/C39H58N6O8S2/c1-53-39(52)31(8-6-7-13-41-35(48)11-4-2-9-33-29-17-27(46)14-24(29)21-54-33)45-38(51)32(16-26-19-40-23-43-26)44-37(50)20-42-36(49)12-5-3-10-34-30-18-28(47)15-25(30)22-55-34/h19,23-25,29-34H,2-18,20-22H2,1H3,(H,40,43)(H,41,48)(H,42,49)(H,44,50)(H,45,51)/t24?,25?,29?,30?,31-,32-,33?,34?/m0/s1. The second-order valence-electron chi connectivity index (χ2n) is 15.6. The van der Waals surface area contributed by atoms with E-state index in [4.69, 9.17) is 4.74 Å². The molecule has 1 aromatic heterocycles. The van der Waals surface area contributed by atoms with Crippen LogP contribution in [0.4, 0.5) is 0 Å². The van der Waals surface area contributed by atoms with E-state index in [1.165, 1.54) is 19.6 Å². The molecule has 0 bridgehead atoms. The Hall–Kier alpha value is -3.40. The smallest absolute Gasteiger partial charge is 0.328 e. The fourth-order valence-electron chi connectivity index (χ4n) is 8.54. The molecule has 0 radical (unpaired) electrons. The Balaban J connectivity index is 0.969. The molecule has 6 unspecified atom stereocenters. The molecule has 5 N–H and O–H groups in total. The number of Topliss-reactive ketones (excluding diaryl/α,β-unsaturated/α-hetero) is 2. The number of hydrogen-bond acceptors (Lipinski definition) is 11. The van der Waals surface area contributed by atoms with E-state index < -0.39 is 29.9 Å². The molecule has 3 heterocycles. The van der Waals surface area contributed by atoms with Crippen LogP contribution in [0.5, 0.6) is 0 Å². The first-order valence-corrected chi connectivity index (χ1v) is 22.1. The average molecular weight is 803 g/mol. The Bertz CT molecular complexity index is 1490. The number of ketones is 2. The molecule has 55 heavy (non-hydrogen) atoms. The molecule has 16 heteroatoms. The number of amides is 4. The second-order valence-corrected chi connectivity index (χ2v) is 18.1. The molecule has 14 nitrogen and oxygen atoms in total. The Morgan fingerprint density at radius 2 is 1.40 bits per heavy atom. The van der Waals surface area contributed by atoms with E-state index in [2.05, 4.69) is 31.2 Å². The van der Waals surface area contributed by atoms with Gasteiger partial charge in [0.2, 0.25) is 23.6 Å². The van der Waals surface area contributed by atoms with Gasteiger partial charge in [-0.05, 0) is 80.1 Å². The van der Waals surface area contributed by atoms with Crippen molar-refractivity contribution in [3.8, 4) is 0 Å². The Labute approximate surface area is 332 Å². The van der Waals surface area contributed by atoms with Crippen molar-refractivity contribution in [3.05, 3.63) is 18.2 Å². The summed E-state index contributed by atoms with van der Waals surface area (Å²) in [6.07, 6.45) is 13.4. The number of esters is 1. The van der Waals surface area contributed by atoms with Crippen molar-refractivity contribution in [2.24, 2.45) is 23.7 Å². The molecule has 4 aliphatic rings. The van der Waals surface area contributed by atoms with Gasteiger partial charge in [-0.1, -0.05) is 12.8 Å². The molecule has 4 fully saturated rings. The number of rotatable bonds is 23. The number of aromatic nitrogens is 2. The molecule has 5 rings (SSSR count). The summed E-state index contributed by atoms with van der Waals surface area (Å²) in [4.78, 5) is 94.4. The van der Waals surface area contributed by atoms with Crippen LogP contribution in [0.1, 0.15) is 102 Å². The minimum Gasteiger partial charge on any atom is -0.467 e. The fraction of sp³-hybridized carbons (Fsp3) is 0.744. The van der Waals surface area contributed by atoms with Crippen molar-refractivity contribution in [1.29, 1.82) is 0 Å². The van der Waals surface area contributed by atoms with Crippen LogP contribution >= 0.6 is 23.5 Å². The number of ether oxygens (including phenoxy) is 1. The Morgan fingerprint density at radius 1 is 0.782 bits per heavy atom. The first-order valence-electron chi connectivity index (χ1n) is 20.0. The highest BCUT2D eigenvalue weighted by molar-refractivity contribution is 8.00. The minimum atomic E-state index is -1.05. The quantitative estimate of drug-likeness (QED) is 0.0804. The summed E-state index contributed by atoms with van der Waals surface area (Å²) < 4.78 is 4.94. The van der Waals surface area contributed by atoms with E-state index in [9.17, 15) is 33.6 Å². The first kappa shape index (κ1) is 42.7. The lowest BCUT2D eigenvalue weighted by Gasteiger charge is -2.22. The third-order valence-corrected chi connectivity index (χ3v) is 14.8. The lowest BCUT2D eigenvalue weighted by molar-refractivity contribution is -0.145. The lowest BCUT2D eigenvalue weighted by atomic mass is 9.92. The second kappa shape index (κ2) is 21.8. The molecule has 2 aliphatic heterocycles. The van der Waals surface area contributed by atoms with Gasteiger partial charge in [-0.3, -0.25) is 28.8 Å².